The summed E-state index contributed by atoms with van der Waals surface area (Å²) in [5, 5.41) is 12.9. The third kappa shape index (κ3) is 5.06. The zero-order valence-electron chi connectivity index (χ0n) is 16.5. The molecule has 3 rings (SSSR count). The summed E-state index contributed by atoms with van der Waals surface area (Å²) in [6, 6.07) is 17.6. The largest absolute Gasteiger partial charge is 0.497 e. The van der Waals surface area contributed by atoms with E-state index in [4.69, 9.17) is 13.9 Å². The molecule has 0 spiro atoms. The van der Waals surface area contributed by atoms with Gasteiger partial charge in [-0.3, -0.25) is 4.79 Å². The van der Waals surface area contributed by atoms with Crippen molar-refractivity contribution in [3.63, 3.8) is 0 Å². The summed E-state index contributed by atoms with van der Waals surface area (Å²) >= 11 is 0. The van der Waals surface area contributed by atoms with Gasteiger partial charge in [0, 0.05) is 5.39 Å². The first-order valence-corrected chi connectivity index (χ1v) is 9.21. The smallest absolute Gasteiger partial charge is 0.349 e. The van der Waals surface area contributed by atoms with Crippen LogP contribution in [0.3, 0.4) is 0 Å². The van der Waals surface area contributed by atoms with Crippen molar-refractivity contribution in [2.45, 2.75) is 13.0 Å². The summed E-state index contributed by atoms with van der Waals surface area (Å²) in [4.78, 5) is 24.3. The van der Waals surface area contributed by atoms with Crippen LogP contribution in [0.5, 0.6) is 5.75 Å². The van der Waals surface area contributed by atoms with Crippen LogP contribution >= 0.6 is 0 Å². The van der Waals surface area contributed by atoms with E-state index < -0.39 is 24.5 Å². The SMILES string of the molecule is COc1cccc(/C=C(\C#N)C(=O)OCC(=O)N[C@H](C)c2cc3ccccc3o2)c1. The van der Waals surface area contributed by atoms with E-state index in [1.165, 1.54) is 13.2 Å². The van der Waals surface area contributed by atoms with Crippen molar-refractivity contribution in [3.05, 3.63) is 71.5 Å². The van der Waals surface area contributed by atoms with Crippen molar-refractivity contribution in [1.29, 1.82) is 5.26 Å². The maximum absolute atomic E-state index is 12.2. The van der Waals surface area contributed by atoms with Gasteiger partial charge in [0.05, 0.1) is 13.2 Å². The van der Waals surface area contributed by atoms with Crippen molar-refractivity contribution in [1.82, 2.24) is 5.32 Å². The second-order valence-electron chi connectivity index (χ2n) is 6.50. The zero-order chi connectivity index (χ0) is 21.5. The Bertz CT molecular complexity index is 1110. The number of fused-ring (bicyclic) bond motifs is 1. The minimum Gasteiger partial charge on any atom is -0.497 e. The maximum Gasteiger partial charge on any atom is 0.349 e. The number of furan rings is 1. The van der Waals surface area contributed by atoms with E-state index in [1.54, 1.807) is 37.3 Å². The van der Waals surface area contributed by atoms with Crippen LogP contribution in [0.15, 0.2) is 64.6 Å². The van der Waals surface area contributed by atoms with Crippen molar-refractivity contribution in [3.8, 4) is 11.8 Å². The van der Waals surface area contributed by atoms with Crippen LogP contribution in [0.4, 0.5) is 0 Å². The molecule has 0 saturated heterocycles. The quantitative estimate of drug-likeness (QED) is 0.365. The topological polar surface area (TPSA) is 102 Å². The molecule has 0 bridgehead atoms. The summed E-state index contributed by atoms with van der Waals surface area (Å²) in [6.45, 7) is 1.25. The maximum atomic E-state index is 12.2. The Morgan fingerprint density at radius 1 is 1.20 bits per heavy atom. The summed E-state index contributed by atoms with van der Waals surface area (Å²) in [5.41, 5.74) is 1.11. The van der Waals surface area contributed by atoms with Crippen molar-refractivity contribution in [2.24, 2.45) is 0 Å². The van der Waals surface area contributed by atoms with Crippen LogP contribution in [-0.2, 0) is 14.3 Å². The number of nitrogens with one attached hydrogen (secondary N) is 1. The Morgan fingerprint density at radius 3 is 2.73 bits per heavy atom. The van der Waals surface area contributed by atoms with Crippen LogP contribution in [0.25, 0.3) is 17.0 Å². The van der Waals surface area contributed by atoms with Crippen LogP contribution in [-0.4, -0.2) is 25.6 Å². The number of rotatable bonds is 7. The number of carbonyl (C=O) groups is 2. The number of methoxy groups -OCH3 is 1. The summed E-state index contributed by atoms with van der Waals surface area (Å²) in [7, 11) is 1.52. The highest BCUT2D eigenvalue weighted by molar-refractivity contribution is 5.98. The number of benzene rings is 2. The molecule has 1 heterocycles. The number of para-hydroxylation sites is 1. The molecule has 152 valence electrons. The third-order valence-corrected chi connectivity index (χ3v) is 4.33. The van der Waals surface area contributed by atoms with Crippen molar-refractivity contribution >= 4 is 28.9 Å². The average Bonchev–Trinajstić information content (AvgIpc) is 3.20. The molecule has 0 aliphatic rings. The molecule has 0 aliphatic heterocycles. The van der Waals surface area contributed by atoms with Gasteiger partial charge in [-0.15, -0.1) is 0 Å². The second kappa shape index (κ2) is 9.43. The molecule has 0 saturated carbocycles. The predicted octanol–water partition coefficient (Wildman–Crippen LogP) is 3.77. The Labute approximate surface area is 173 Å². The molecule has 7 nitrogen and oxygen atoms in total. The molecule has 1 aromatic heterocycles. The van der Waals surface area contributed by atoms with Gasteiger partial charge in [0.1, 0.15) is 28.7 Å². The van der Waals surface area contributed by atoms with E-state index in [0.717, 1.165) is 11.0 Å². The molecule has 7 heteroatoms. The highest BCUT2D eigenvalue weighted by Gasteiger charge is 2.17. The van der Waals surface area contributed by atoms with Gasteiger partial charge in [-0.05, 0) is 42.8 Å². The Balaban J connectivity index is 1.58. The Kier molecular flexibility index (Phi) is 6.50. The first kappa shape index (κ1) is 20.7. The molecule has 0 radical (unpaired) electrons. The van der Waals surface area contributed by atoms with Gasteiger partial charge < -0.3 is 19.2 Å². The fourth-order valence-corrected chi connectivity index (χ4v) is 2.81. The average molecular weight is 404 g/mol. The first-order valence-electron chi connectivity index (χ1n) is 9.21. The van der Waals surface area contributed by atoms with E-state index in [2.05, 4.69) is 5.32 Å². The van der Waals surface area contributed by atoms with Crippen LogP contribution in [0.2, 0.25) is 0 Å². The van der Waals surface area contributed by atoms with Gasteiger partial charge in [-0.1, -0.05) is 30.3 Å². The third-order valence-electron chi connectivity index (χ3n) is 4.33. The molecule has 1 amide bonds. The molecule has 0 fully saturated rings. The summed E-state index contributed by atoms with van der Waals surface area (Å²) < 4.78 is 15.8. The van der Waals surface area contributed by atoms with Crippen LogP contribution in [0.1, 0.15) is 24.3 Å². The fourth-order valence-electron chi connectivity index (χ4n) is 2.81. The fraction of sp³-hybridized carbons (Fsp3) is 0.174. The normalized spacial score (nSPS) is 12.1. The zero-order valence-corrected chi connectivity index (χ0v) is 16.5. The highest BCUT2D eigenvalue weighted by atomic mass is 16.5. The van der Waals surface area contributed by atoms with Crippen LogP contribution in [0, 0.1) is 11.3 Å². The first-order chi connectivity index (χ1) is 14.5. The number of nitrogens with zero attached hydrogens (tertiary/aromatic N) is 1. The lowest BCUT2D eigenvalue weighted by Crippen LogP contribution is -2.31. The molecule has 1 atom stereocenters. The number of hydrogen-bond acceptors (Lipinski definition) is 6. The molecule has 30 heavy (non-hydrogen) atoms. The Morgan fingerprint density at radius 2 is 2.00 bits per heavy atom. The van der Waals surface area contributed by atoms with Crippen LogP contribution < -0.4 is 10.1 Å². The number of nitriles is 1. The molecule has 3 aromatic rings. The van der Waals surface area contributed by atoms with Gasteiger partial charge in [-0.25, -0.2) is 4.79 Å². The minimum atomic E-state index is -0.883. The number of ether oxygens (including phenoxy) is 2. The van der Waals surface area contributed by atoms with E-state index in [0.29, 0.717) is 17.1 Å². The highest BCUT2D eigenvalue weighted by Crippen LogP contribution is 2.23. The van der Waals surface area contributed by atoms with Gasteiger partial charge in [-0.2, -0.15) is 5.26 Å². The van der Waals surface area contributed by atoms with Gasteiger partial charge in [0.2, 0.25) is 0 Å². The molecule has 2 aromatic carbocycles. The molecule has 0 aliphatic carbocycles. The van der Waals surface area contributed by atoms with Crippen molar-refractivity contribution < 1.29 is 23.5 Å². The number of esters is 1. The molecule has 1 N–H and O–H groups in total. The minimum absolute atomic E-state index is 0.221. The van der Waals surface area contributed by atoms with E-state index >= 15 is 0 Å². The summed E-state index contributed by atoms with van der Waals surface area (Å²) in [5.74, 6) is -0.207. The van der Waals surface area contributed by atoms with Gasteiger partial charge in [0.15, 0.2) is 6.61 Å². The van der Waals surface area contributed by atoms with E-state index in [-0.39, 0.29) is 5.57 Å². The lowest BCUT2D eigenvalue weighted by atomic mass is 10.1. The van der Waals surface area contributed by atoms with E-state index in [1.807, 2.05) is 30.3 Å². The van der Waals surface area contributed by atoms with Crippen molar-refractivity contribution in [2.75, 3.05) is 13.7 Å². The number of hydrogen-bond donors (Lipinski definition) is 1. The van der Waals surface area contributed by atoms with Gasteiger partial charge in [0.25, 0.3) is 5.91 Å². The second-order valence-corrected chi connectivity index (χ2v) is 6.50. The van der Waals surface area contributed by atoms with E-state index in [9.17, 15) is 14.9 Å². The lowest BCUT2D eigenvalue weighted by Gasteiger charge is -2.11. The molecular formula is C23H20N2O5. The molecule has 0 unspecified atom stereocenters. The predicted molar refractivity (Wildman–Crippen MR) is 110 cm³/mol. The number of carbonyl (C=O) groups excluding carboxylic acids is 2. The monoisotopic (exact) mass is 404 g/mol. The lowest BCUT2D eigenvalue weighted by molar-refractivity contribution is -0.144. The molecular weight excluding hydrogens is 384 g/mol. The number of amides is 1. The standard InChI is InChI=1S/C23H20N2O5/c1-15(21-12-17-7-3-4-9-20(17)30-21)25-22(26)14-29-23(27)18(13-24)10-16-6-5-8-19(11-16)28-2/h3-12,15H,14H2,1-2H3,(H,25,26)/b18-10+/t15-/m1/s1. The summed E-state index contributed by atoms with van der Waals surface area (Å²) in [6.07, 6.45) is 1.37. The Hall–Kier alpha value is -4.05. The van der Waals surface area contributed by atoms with Gasteiger partial charge >= 0.3 is 5.97 Å².